The molecule has 3 rings (SSSR count). The van der Waals surface area contributed by atoms with E-state index < -0.39 is 12.0 Å². The lowest BCUT2D eigenvalue weighted by Gasteiger charge is -2.17. The predicted molar refractivity (Wildman–Crippen MR) is 94.7 cm³/mol. The lowest BCUT2D eigenvalue weighted by atomic mass is 9.96. The summed E-state index contributed by atoms with van der Waals surface area (Å²) in [5.41, 5.74) is 1.36. The second-order valence-corrected chi connectivity index (χ2v) is 6.99. The highest BCUT2D eigenvalue weighted by Crippen LogP contribution is 2.21. The van der Waals surface area contributed by atoms with Crippen molar-refractivity contribution in [3.63, 3.8) is 0 Å². The molecule has 3 aromatic rings. The Morgan fingerprint density at radius 3 is 2.52 bits per heavy atom. The average Bonchev–Trinajstić information content (AvgIpc) is 2.98. The van der Waals surface area contributed by atoms with E-state index in [-0.39, 0.29) is 5.41 Å². The fourth-order valence-corrected chi connectivity index (χ4v) is 2.56. The molecule has 130 valence electrons. The van der Waals surface area contributed by atoms with Gasteiger partial charge in [0.1, 0.15) is 11.9 Å². The molecule has 0 fully saturated rings. The Morgan fingerprint density at radius 2 is 1.88 bits per heavy atom. The van der Waals surface area contributed by atoms with Gasteiger partial charge in [0.2, 0.25) is 0 Å². The molecule has 1 aromatic carbocycles. The molecule has 0 aliphatic carbocycles. The minimum atomic E-state index is -0.925. The van der Waals surface area contributed by atoms with Crippen LogP contribution in [-0.2, 0) is 16.6 Å². The zero-order valence-corrected chi connectivity index (χ0v) is 14.5. The van der Waals surface area contributed by atoms with Gasteiger partial charge in [-0.1, -0.05) is 51.1 Å². The molecule has 2 N–H and O–H groups in total. The minimum Gasteiger partial charge on any atom is -0.480 e. The van der Waals surface area contributed by atoms with E-state index in [2.05, 4.69) is 20.6 Å². The van der Waals surface area contributed by atoms with Crippen molar-refractivity contribution in [3.05, 3.63) is 53.9 Å². The minimum absolute atomic E-state index is 0.221. The van der Waals surface area contributed by atoms with Crippen LogP contribution >= 0.6 is 0 Å². The number of fused-ring (bicyclic) bond motifs is 1. The summed E-state index contributed by atoms with van der Waals surface area (Å²) >= 11 is 0. The SMILES string of the molecule is CC(C)(C)c1nnc2ccc(N[C@H](Cc3ccccc3)C(=O)O)nn12. The number of carboxylic acid groups (broad SMARTS) is 1. The van der Waals surface area contributed by atoms with E-state index in [4.69, 9.17) is 0 Å². The predicted octanol–water partition coefficient (Wildman–Crippen LogP) is 2.53. The van der Waals surface area contributed by atoms with Crippen LogP contribution in [0.25, 0.3) is 5.65 Å². The first-order chi connectivity index (χ1) is 11.8. The Hall–Kier alpha value is -2.96. The van der Waals surface area contributed by atoms with Gasteiger partial charge in [0, 0.05) is 11.8 Å². The van der Waals surface area contributed by atoms with Gasteiger partial charge >= 0.3 is 5.97 Å². The molecule has 2 aromatic heterocycles. The topological polar surface area (TPSA) is 92.4 Å². The van der Waals surface area contributed by atoms with Gasteiger partial charge in [-0.25, -0.2) is 4.79 Å². The van der Waals surface area contributed by atoms with Crippen LogP contribution in [0.2, 0.25) is 0 Å². The van der Waals surface area contributed by atoms with Crippen molar-refractivity contribution in [3.8, 4) is 0 Å². The first-order valence-corrected chi connectivity index (χ1v) is 8.11. The number of nitrogens with zero attached hydrogens (tertiary/aromatic N) is 4. The van der Waals surface area contributed by atoms with Gasteiger partial charge in [0.15, 0.2) is 11.5 Å². The van der Waals surface area contributed by atoms with E-state index in [0.717, 1.165) is 11.4 Å². The third kappa shape index (κ3) is 3.76. The molecular weight excluding hydrogens is 318 g/mol. The van der Waals surface area contributed by atoms with Gasteiger partial charge in [-0.2, -0.15) is 4.52 Å². The molecule has 0 saturated heterocycles. The van der Waals surface area contributed by atoms with Crippen molar-refractivity contribution < 1.29 is 9.90 Å². The summed E-state index contributed by atoms with van der Waals surface area (Å²) in [4.78, 5) is 11.6. The molecule has 0 aliphatic heterocycles. The number of aromatic nitrogens is 4. The van der Waals surface area contributed by atoms with Crippen LogP contribution in [-0.4, -0.2) is 36.9 Å². The summed E-state index contributed by atoms with van der Waals surface area (Å²) in [5.74, 6) is 0.271. The summed E-state index contributed by atoms with van der Waals surface area (Å²) in [5, 5.41) is 25.3. The number of hydrogen-bond acceptors (Lipinski definition) is 5. The van der Waals surface area contributed by atoms with Crippen molar-refractivity contribution in [1.82, 2.24) is 19.8 Å². The van der Waals surface area contributed by atoms with Crippen LogP contribution in [0.3, 0.4) is 0 Å². The number of carbonyl (C=O) groups is 1. The fraction of sp³-hybridized carbons (Fsp3) is 0.333. The normalized spacial score (nSPS) is 12.9. The van der Waals surface area contributed by atoms with Crippen LogP contribution in [0.4, 0.5) is 5.82 Å². The largest absolute Gasteiger partial charge is 0.480 e. The maximum atomic E-state index is 11.6. The highest BCUT2D eigenvalue weighted by molar-refractivity contribution is 5.77. The quantitative estimate of drug-likeness (QED) is 0.742. The number of benzene rings is 1. The molecule has 2 heterocycles. The summed E-state index contributed by atoms with van der Waals surface area (Å²) in [7, 11) is 0. The van der Waals surface area contributed by atoms with Gasteiger partial charge in [0.05, 0.1) is 0 Å². The molecule has 7 heteroatoms. The molecular formula is C18H21N5O2. The van der Waals surface area contributed by atoms with Gasteiger partial charge in [-0.3, -0.25) is 0 Å². The van der Waals surface area contributed by atoms with Crippen LogP contribution in [0, 0.1) is 0 Å². The number of nitrogens with one attached hydrogen (secondary N) is 1. The van der Waals surface area contributed by atoms with E-state index in [1.165, 1.54) is 0 Å². The Bertz CT molecular complexity index is 883. The number of rotatable bonds is 5. The Morgan fingerprint density at radius 1 is 1.16 bits per heavy atom. The highest BCUT2D eigenvalue weighted by atomic mass is 16.4. The van der Waals surface area contributed by atoms with Crippen molar-refractivity contribution in [1.29, 1.82) is 0 Å². The summed E-state index contributed by atoms with van der Waals surface area (Å²) < 4.78 is 1.66. The first kappa shape index (κ1) is 16.9. The Balaban J connectivity index is 1.88. The average molecular weight is 339 g/mol. The summed E-state index contributed by atoms with van der Waals surface area (Å²) in [6.07, 6.45) is 0.365. The molecule has 0 aliphatic rings. The van der Waals surface area contributed by atoms with Crippen LogP contribution in [0.5, 0.6) is 0 Å². The lowest BCUT2D eigenvalue weighted by Crippen LogP contribution is -2.32. The lowest BCUT2D eigenvalue weighted by molar-refractivity contribution is -0.137. The molecule has 0 unspecified atom stereocenters. The third-order valence-corrected chi connectivity index (χ3v) is 3.84. The molecule has 0 spiro atoms. The smallest absolute Gasteiger partial charge is 0.326 e. The monoisotopic (exact) mass is 339 g/mol. The molecule has 0 bridgehead atoms. The number of carboxylic acids is 1. The third-order valence-electron chi connectivity index (χ3n) is 3.84. The molecule has 0 amide bonds. The van der Waals surface area contributed by atoms with Gasteiger partial charge in [0.25, 0.3) is 0 Å². The van der Waals surface area contributed by atoms with E-state index in [0.29, 0.717) is 17.9 Å². The van der Waals surface area contributed by atoms with E-state index in [9.17, 15) is 9.90 Å². The number of anilines is 1. The number of aliphatic carboxylic acids is 1. The van der Waals surface area contributed by atoms with Crippen LogP contribution in [0.1, 0.15) is 32.2 Å². The standard InChI is InChI=1S/C18H21N5O2/c1-18(2,3)17-21-20-15-10-9-14(22-23(15)17)19-13(16(24)25)11-12-7-5-4-6-8-12/h4-10,13H,11H2,1-3H3,(H,19,22)(H,24,25)/t13-/m1/s1. The summed E-state index contributed by atoms with van der Waals surface area (Å²) in [6.45, 7) is 6.09. The zero-order valence-electron chi connectivity index (χ0n) is 14.5. The molecule has 0 saturated carbocycles. The molecule has 25 heavy (non-hydrogen) atoms. The van der Waals surface area contributed by atoms with Crippen molar-refractivity contribution in [2.75, 3.05) is 5.32 Å². The molecule has 7 nitrogen and oxygen atoms in total. The highest BCUT2D eigenvalue weighted by Gasteiger charge is 2.23. The van der Waals surface area contributed by atoms with Gasteiger partial charge in [-0.15, -0.1) is 15.3 Å². The van der Waals surface area contributed by atoms with Crippen LogP contribution < -0.4 is 5.32 Å². The van der Waals surface area contributed by atoms with Gasteiger partial charge < -0.3 is 10.4 Å². The van der Waals surface area contributed by atoms with E-state index >= 15 is 0 Å². The maximum Gasteiger partial charge on any atom is 0.326 e. The van der Waals surface area contributed by atoms with Crippen molar-refractivity contribution in [2.24, 2.45) is 0 Å². The molecule has 1 atom stereocenters. The second kappa shape index (κ2) is 6.51. The summed E-state index contributed by atoms with van der Waals surface area (Å²) in [6, 6.07) is 12.2. The zero-order chi connectivity index (χ0) is 18.0. The van der Waals surface area contributed by atoms with Crippen molar-refractivity contribution in [2.45, 2.75) is 38.6 Å². The van der Waals surface area contributed by atoms with Gasteiger partial charge in [-0.05, 0) is 17.7 Å². The first-order valence-electron chi connectivity index (χ1n) is 8.11. The maximum absolute atomic E-state index is 11.6. The van der Waals surface area contributed by atoms with E-state index in [1.807, 2.05) is 51.1 Å². The molecule has 0 radical (unpaired) electrons. The van der Waals surface area contributed by atoms with Crippen LogP contribution in [0.15, 0.2) is 42.5 Å². The second-order valence-electron chi connectivity index (χ2n) is 6.99. The Labute approximate surface area is 145 Å². The van der Waals surface area contributed by atoms with Crippen molar-refractivity contribution >= 4 is 17.4 Å². The Kier molecular flexibility index (Phi) is 4.39. The number of hydrogen-bond donors (Lipinski definition) is 2. The fourth-order valence-electron chi connectivity index (χ4n) is 2.56. The van der Waals surface area contributed by atoms with E-state index in [1.54, 1.807) is 16.6 Å².